The maximum absolute atomic E-state index is 12.5. The molecule has 1 aliphatic rings. The fraction of sp³-hybridized carbons (Fsp3) is 0.600. The average molecular weight is 332 g/mol. The smallest absolute Gasteiger partial charge is 0.417 e. The molecule has 1 atom stereocenters. The second-order valence-electron chi connectivity index (χ2n) is 5.64. The average Bonchev–Trinajstić information content (AvgIpc) is 2.71. The van der Waals surface area contributed by atoms with Crippen LogP contribution in [0.4, 0.5) is 13.2 Å². The fourth-order valence-electron chi connectivity index (χ4n) is 2.20. The molecule has 8 heteroatoms. The number of halogens is 3. The Morgan fingerprint density at radius 1 is 1.43 bits per heavy atom. The molecular weight excluding hydrogens is 313 g/mol. The van der Waals surface area contributed by atoms with Crippen LogP contribution in [-0.2, 0) is 15.7 Å². The van der Waals surface area contributed by atoms with Gasteiger partial charge >= 0.3 is 6.18 Å². The second-order valence-corrected chi connectivity index (χ2v) is 5.64. The highest BCUT2D eigenvalue weighted by atomic mass is 19.4. The van der Waals surface area contributed by atoms with Crippen molar-refractivity contribution in [1.29, 1.82) is 0 Å². The lowest BCUT2D eigenvalue weighted by atomic mass is 10.2. The highest BCUT2D eigenvalue weighted by Crippen LogP contribution is 2.29. The number of pyridine rings is 1. The minimum Gasteiger partial charge on any atom is -0.470 e. The lowest BCUT2D eigenvalue weighted by Crippen LogP contribution is -2.41. The van der Waals surface area contributed by atoms with Crippen molar-refractivity contribution in [3.8, 4) is 5.88 Å². The van der Waals surface area contributed by atoms with Crippen LogP contribution in [0.3, 0.4) is 0 Å². The molecule has 0 saturated carbocycles. The molecule has 1 saturated heterocycles. The van der Waals surface area contributed by atoms with Crippen LogP contribution in [0, 0.1) is 5.92 Å². The van der Waals surface area contributed by atoms with Crippen LogP contribution in [0.15, 0.2) is 18.3 Å². The number of ether oxygens (including phenoxy) is 2. The Balaban J connectivity index is 2.02. The monoisotopic (exact) mass is 332 g/mol. The van der Waals surface area contributed by atoms with Crippen molar-refractivity contribution >= 4 is 5.91 Å². The summed E-state index contributed by atoms with van der Waals surface area (Å²) in [6.07, 6.45) is -4.18. The summed E-state index contributed by atoms with van der Waals surface area (Å²) in [7, 11) is 0. The van der Waals surface area contributed by atoms with Gasteiger partial charge in [-0.2, -0.15) is 13.2 Å². The largest absolute Gasteiger partial charge is 0.470 e. The standard InChI is InChI=1S/C15H19F3N2O3/c1-10(2)14(21)20-5-6-22-9-12(8-20)23-13-4-3-11(7-19-13)15(16,17)18/h3-4,7,10,12H,5-6,8-9H2,1-2H3/t12-/m1/s1. The quantitative estimate of drug-likeness (QED) is 0.853. The Hall–Kier alpha value is -1.83. The number of carbonyl (C=O) groups excluding carboxylic acids is 1. The Bertz CT molecular complexity index is 532. The van der Waals surface area contributed by atoms with E-state index in [1.54, 1.807) is 18.7 Å². The number of alkyl halides is 3. The normalized spacial score (nSPS) is 19.6. The van der Waals surface area contributed by atoms with Crippen LogP contribution in [0.1, 0.15) is 19.4 Å². The van der Waals surface area contributed by atoms with Gasteiger partial charge in [0.05, 0.1) is 25.3 Å². The van der Waals surface area contributed by atoms with Crippen molar-refractivity contribution in [2.24, 2.45) is 5.92 Å². The van der Waals surface area contributed by atoms with Gasteiger partial charge in [-0.3, -0.25) is 4.79 Å². The maximum Gasteiger partial charge on any atom is 0.417 e. The summed E-state index contributed by atoms with van der Waals surface area (Å²) in [6.45, 7) is 5.06. The zero-order chi connectivity index (χ0) is 17.0. The zero-order valence-electron chi connectivity index (χ0n) is 13.0. The van der Waals surface area contributed by atoms with Crippen LogP contribution >= 0.6 is 0 Å². The minimum absolute atomic E-state index is 0.00974. The molecule has 0 bridgehead atoms. The van der Waals surface area contributed by atoms with Crippen molar-refractivity contribution in [2.75, 3.05) is 26.3 Å². The van der Waals surface area contributed by atoms with Crippen LogP contribution in [-0.4, -0.2) is 48.2 Å². The Morgan fingerprint density at radius 2 is 2.17 bits per heavy atom. The Labute approximate surface area is 132 Å². The Morgan fingerprint density at radius 3 is 2.74 bits per heavy atom. The van der Waals surface area contributed by atoms with Gasteiger partial charge in [0.1, 0.15) is 6.10 Å². The van der Waals surface area contributed by atoms with Crippen LogP contribution < -0.4 is 4.74 Å². The van der Waals surface area contributed by atoms with E-state index in [0.717, 1.165) is 12.3 Å². The van der Waals surface area contributed by atoms with Gasteiger partial charge in [-0.1, -0.05) is 13.8 Å². The van der Waals surface area contributed by atoms with Gasteiger partial charge in [-0.05, 0) is 6.07 Å². The molecule has 0 radical (unpaired) electrons. The molecule has 0 spiro atoms. The molecule has 2 heterocycles. The number of aromatic nitrogens is 1. The molecule has 5 nitrogen and oxygen atoms in total. The van der Waals surface area contributed by atoms with Gasteiger partial charge in [-0.25, -0.2) is 4.98 Å². The van der Waals surface area contributed by atoms with Crippen molar-refractivity contribution in [1.82, 2.24) is 9.88 Å². The Kier molecular flexibility index (Phi) is 5.46. The summed E-state index contributed by atoms with van der Waals surface area (Å²) in [5.41, 5.74) is -0.835. The van der Waals surface area contributed by atoms with Crippen LogP contribution in [0.25, 0.3) is 0 Å². The lowest BCUT2D eigenvalue weighted by Gasteiger charge is -2.25. The van der Waals surface area contributed by atoms with Crippen LogP contribution in [0.2, 0.25) is 0 Å². The third-order valence-corrected chi connectivity index (χ3v) is 3.39. The molecule has 128 valence electrons. The molecule has 23 heavy (non-hydrogen) atoms. The van der Waals surface area contributed by atoms with E-state index in [-0.39, 0.29) is 24.3 Å². The molecule has 1 amide bonds. The van der Waals surface area contributed by atoms with E-state index >= 15 is 0 Å². The summed E-state index contributed by atoms with van der Waals surface area (Å²) in [6, 6.07) is 2.08. The van der Waals surface area contributed by atoms with E-state index in [0.29, 0.717) is 19.7 Å². The summed E-state index contributed by atoms with van der Waals surface area (Å²) in [4.78, 5) is 17.4. The van der Waals surface area contributed by atoms with Crippen molar-refractivity contribution in [2.45, 2.75) is 26.1 Å². The molecule has 1 aromatic heterocycles. The lowest BCUT2D eigenvalue weighted by molar-refractivity contribution is -0.138. The first kappa shape index (κ1) is 17.5. The van der Waals surface area contributed by atoms with Gasteiger partial charge < -0.3 is 14.4 Å². The van der Waals surface area contributed by atoms with Crippen molar-refractivity contribution in [3.63, 3.8) is 0 Å². The number of amides is 1. The first-order chi connectivity index (χ1) is 10.8. The molecule has 2 rings (SSSR count). The van der Waals surface area contributed by atoms with Gasteiger partial charge in [-0.15, -0.1) is 0 Å². The molecule has 0 aliphatic carbocycles. The second kappa shape index (κ2) is 7.16. The third-order valence-electron chi connectivity index (χ3n) is 3.39. The highest BCUT2D eigenvalue weighted by Gasteiger charge is 2.31. The summed E-state index contributed by atoms with van der Waals surface area (Å²) < 4.78 is 48.5. The molecule has 0 unspecified atom stereocenters. The number of rotatable bonds is 3. The molecule has 1 aromatic rings. The molecular formula is C15H19F3N2O3. The van der Waals surface area contributed by atoms with E-state index in [4.69, 9.17) is 9.47 Å². The molecule has 1 fully saturated rings. The van der Waals surface area contributed by atoms with E-state index in [1.165, 1.54) is 6.07 Å². The summed E-state index contributed by atoms with van der Waals surface area (Å²) in [5.74, 6) is -0.0760. The van der Waals surface area contributed by atoms with E-state index < -0.39 is 17.8 Å². The predicted octanol–water partition coefficient (Wildman–Crippen LogP) is 2.36. The van der Waals surface area contributed by atoms with Crippen molar-refractivity contribution in [3.05, 3.63) is 23.9 Å². The topological polar surface area (TPSA) is 51.7 Å². The third kappa shape index (κ3) is 4.82. The maximum atomic E-state index is 12.5. The van der Waals surface area contributed by atoms with Gasteiger partial charge in [0.2, 0.25) is 11.8 Å². The van der Waals surface area contributed by atoms with Crippen molar-refractivity contribution < 1.29 is 27.4 Å². The predicted molar refractivity (Wildman–Crippen MR) is 75.9 cm³/mol. The van der Waals surface area contributed by atoms with Crippen LogP contribution in [0.5, 0.6) is 5.88 Å². The van der Waals surface area contributed by atoms with E-state index in [1.807, 2.05) is 0 Å². The first-order valence-corrected chi connectivity index (χ1v) is 7.34. The van der Waals surface area contributed by atoms with E-state index in [2.05, 4.69) is 4.98 Å². The van der Waals surface area contributed by atoms with E-state index in [9.17, 15) is 18.0 Å². The SMILES string of the molecule is CC(C)C(=O)N1CCOC[C@H](Oc2ccc(C(F)(F)F)cn2)C1. The fourth-order valence-corrected chi connectivity index (χ4v) is 2.20. The number of nitrogens with zero attached hydrogens (tertiary/aromatic N) is 2. The number of hydrogen-bond acceptors (Lipinski definition) is 4. The first-order valence-electron chi connectivity index (χ1n) is 7.34. The zero-order valence-corrected chi connectivity index (χ0v) is 13.0. The van der Waals surface area contributed by atoms with Gasteiger partial charge in [0.15, 0.2) is 0 Å². The molecule has 0 aromatic carbocycles. The highest BCUT2D eigenvalue weighted by molar-refractivity contribution is 5.78. The minimum atomic E-state index is -4.43. The number of hydrogen-bond donors (Lipinski definition) is 0. The molecule has 1 aliphatic heterocycles. The summed E-state index contributed by atoms with van der Waals surface area (Å²) in [5, 5.41) is 0. The molecule has 0 N–H and O–H groups in total. The number of carbonyl (C=O) groups is 1. The van der Waals surface area contributed by atoms with Gasteiger partial charge in [0.25, 0.3) is 0 Å². The van der Waals surface area contributed by atoms with Gasteiger partial charge in [0, 0.05) is 24.7 Å². The summed E-state index contributed by atoms with van der Waals surface area (Å²) >= 11 is 0.